The second-order valence-electron chi connectivity index (χ2n) is 5.86. The highest BCUT2D eigenvalue weighted by atomic mass is 35.5. The molecule has 6 heteroatoms. The number of para-hydroxylation sites is 1. The van der Waals surface area contributed by atoms with Crippen molar-refractivity contribution >= 4 is 36.4 Å². The Morgan fingerprint density at radius 2 is 1.95 bits per heavy atom. The molecule has 1 aromatic carbocycles. The van der Waals surface area contributed by atoms with E-state index in [0.29, 0.717) is 18.9 Å². The van der Waals surface area contributed by atoms with Gasteiger partial charge in [0.15, 0.2) is 0 Å². The second kappa shape index (κ2) is 9.93. The molecule has 1 aromatic rings. The maximum atomic E-state index is 12.0. The van der Waals surface area contributed by atoms with Crippen LogP contribution in [0.1, 0.15) is 31.2 Å². The third-order valence-corrected chi connectivity index (χ3v) is 4.11. The lowest BCUT2D eigenvalue weighted by Crippen LogP contribution is -2.31. The average Bonchev–Trinajstić information content (AvgIpc) is 2.82. The van der Waals surface area contributed by atoms with Gasteiger partial charge in [0, 0.05) is 38.8 Å². The Morgan fingerprint density at radius 1 is 1.27 bits per heavy atom. The molecule has 1 aliphatic carbocycles. The third kappa shape index (κ3) is 5.67. The Bertz CT molecular complexity index is 468. The molecule has 0 aliphatic heterocycles. The first kappa shape index (κ1) is 21.0. The summed E-state index contributed by atoms with van der Waals surface area (Å²) >= 11 is 0. The number of benzene rings is 1. The Labute approximate surface area is 145 Å². The summed E-state index contributed by atoms with van der Waals surface area (Å²) in [5.74, 6) is 0.472. The van der Waals surface area contributed by atoms with Crippen LogP contribution in [-0.4, -0.2) is 26.0 Å². The van der Waals surface area contributed by atoms with E-state index in [1.807, 2.05) is 26.2 Å². The molecule has 0 saturated heterocycles. The first-order chi connectivity index (χ1) is 9.58. The molecule has 1 amide bonds. The lowest BCUT2D eigenvalue weighted by molar-refractivity contribution is -0.122. The van der Waals surface area contributed by atoms with E-state index in [0.717, 1.165) is 30.5 Å². The highest BCUT2D eigenvalue weighted by Crippen LogP contribution is 2.26. The first-order valence-electron chi connectivity index (χ1n) is 7.35. The predicted molar refractivity (Wildman–Crippen MR) is 97.0 cm³/mol. The zero-order valence-electron chi connectivity index (χ0n) is 13.2. The van der Waals surface area contributed by atoms with Crippen molar-refractivity contribution in [3.63, 3.8) is 0 Å². The maximum absolute atomic E-state index is 12.0. The summed E-state index contributed by atoms with van der Waals surface area (Å²) in [5, 5.41) is 3.02. The quantitative estimate of drug-likeness (QED) is 0.860. The van der Waals surface area contributed by atoms with Crippen molar-refractivity contribution in [1.29, 1.82) is 0 Å². The molecule has 1 aliphatic rings. The largest absolute Gasteiger partial charge is 0.377 e. The third-order valence-electron chi connectivity index (χ3n) is 4.11. The summed E-state index contributed by atoms with van der Waals surface area (Å²) < 4.78 is 0. The van der Waals surface area contributed by atoms with Crippen LogP contribution in [0.2, 0.25) is 0 Å². The van der Waals surface area contributed by atoms with Gasteiger partial charge < -0.3 is 16.0 Å². The molecule has 4 nitrogen and oxygen atoms in total. The van der Waals surface area contributed by atoms with Gasteiger partial charge in [-0.2, -0.15) is 0 Å². The van der Waals surface area contributed by atoms with Crippen LogP contribution in [0.4, 0.5) is 5.69 Å². The number of amides is 1. The van der Waals surface area contributed by atoms with Gasteiger partial charge >= 0.3 is 0 Å². The molecule has 1 saturated carbocycles. The summed E-state index contributed by atoms with van der Waals surface area (Å²) in [4.78, 5) is 14.1. The minimum Gasteiger partial charge on any atom is -0.377 e. The van der Waals surface area contributed by atoms with Crippen molar-refractivity contribution in [3.8, 4) is 0 Å². The fourth-order valence-corrected chi connectivity index (χ4v) is 2.92. The lowest BCUT2D eigenvalue weighted by atomic mass is 10.00. The Balaban J connectivity index is 0.00000220. The van der Waals surface area contributed by atoms with Gasteiger partial charge in [-0.1, -0.05) is 24.6 Å². The average molecular weight is 348 g/mol. The normalized spacial score (nSPS) is 19.8. The van der Waals surface area contributed by atoms with Gasteiger partial charge in [0.1, 0.15) is 0 Å². The van der Waals surface area contributed by atoms with Gasteiger partial charge in [-0.25, -0.2) is 0 Å². The molecule has 0 radical (unpaired) electrons. The fraction of sp³-hybridized carbons (Fsp3) is 0.562. The number of anilines is 1. The molecule has 0 heterocycles. The van der Waals surface area contributed by atoms with Crippen molar-refractivity contribution < 1.29 is 4.79 Å². The van der Waals surface area contributed by atoms with Crippen molar-refractivity contribution in [2.45, 2.75) is 38.3 Å². The summed E-state index contributed by atoms with van der Waals surface area (Å²) in [5.41, 5.74) is 8.30. The standard InChI is InChI=1S/C16H25N3O.2ClH/c1-19(2)15-9-4-3-6-13(15)11-18-16(20)10-12-7-5-8-14(12)17;;/h3-4,6,9,12,14H,5,7-8,10-11,17H2,1-2H3,(H,18,20);2*1H/t12-,14+;;/m0../s1. The highest BCUT2D eigenvalue weighted by molar-refractivity contribution is 5.85. The lowest BCUT2D eigenvalue weighted by Gasteiger charge is -2.18. The van der Waals surface area contributed by atoms with Crippen molar-refractivity contribution in [2.24, 2.45) is 11.7 Å². The molecule has 0 unspecified atom stereocenters. The Kier molecular flexibility index (Phi) is 9.49. The van der Waals surface area contributed by atoms with Crippen LogP contribution in [0.25, 0.3) is 0 Å². The summed E-state index contributed by atoms with van der Waals surface area (Å²) in [7, 11) is 4.02. The van der Waals surface area contributed by atoms with E-state index in [-0.39, 0.29) is 36.8 Å². The van der Waals surface area contributed by atoms with Gasteiger partial charge in [-0.3, -0.25) is 4.79 Å². The number of carbonyl (C=O) groups is 1. The molecular formula is C16H27Cl2N3O. The molecule has 2 rings (SSSR count). The van der Waals surface area contributed by atoms with Crippen molar-refractivity contribution in [1.82, 2.24) is 5.32 Å². The molecule has 0 aromatic heterocycles. The predicted octanol–water partition coefficient (Wildman–Crippen LogP) is 2.73. The number of rotatable bonds is 5. The van der Waals surface area contributed by atoms with Crippen molar-refractivity contribution in [3.05, 3.63) is 29.8 Å². The minimum absolute atomic E-state index is 0. The van der Waals surface area contributed by atoms with E-state index in [9.17, 15) is 4.79 Å². The molecule has 3 N–H and O–H groups in total. The molecule has 1 fully saturated rings. The van der Waals surface area contributed by atoms with E-state index in [1.54, 1.807) is 0 Å². The number of halogens is 2. The smallest absolute Gasteiger partial charge is 0.220 e. The Hall–Kier alpha value is -0.970. The van der Waals surface area contributed by atoms with Crippen LogP contribution in [0, 0.1) is 5.92 Å². The van der Waals surface area contributed by atoms with Crippen LogP contribution in [0.3, 0.4) is 0 Å². The minimum atomic E-state index is 0. The van der Waals surface area contributed by atoms with E-state index in [2.05, 4.69) is 22.3 Å². The monoisotopic (exact) mass is 347 g/mol. The number of hydrogen-bond donors (Lipinski definition) is 2. The number of carbonyl (C=O) groups excluding carboxylic acids is 1. The van der Waals surface area contributed by atoms with Gasteiger partial charge in [-0.05, 0) is 30.4 Å². The molecule has 0 bridgehead atoms. The summed E-state index contributed by atoms with van der Waals surface area (Å²) in [6.45, 7) is 0.579. The number of nitrogens with one attached hydrogen (secondary N) is 1. The van der Waals surface area contributed by atoms with Gasteiger partial charge in [0.25, 0.3) is 0 Å². The van der Waals surface area contributed by atoms with Gasteiger partial charge in [0.2, 0.25) is 5.91 Å². The second-order valence-corrected chi connectivity index (χ2v) is 5.86. The van der Waals surface area contributed by atoms with Gasteiger partial charge in [0.05, 0.1) is 0 Å². The van der Waals surface area contributed by atoms with E-state index in [4.69, 9.17) is 5.73 Å². The highest BCUT2D eigenvalue weighted by Gasteiger charge is 2.25. The topological polar surface area (TPSA) is 58.4 Å². The molecule has 2 atom stereocenters. The summed E-state index contributed by atoms with van der Waals surface area (Å²) in [6, 6.07) is 8.33. The van der Waals surface area contributed by atoms with Crippen LogP contribution in [0.15, 0.2) is 24.3 Å². The van der Waals surface area contributed by atoms with Crippen LogP contribution >= 0.6 is 24.8 Å². The van der Waals surface area contributed by atoms with Crippen LogP contribution < -0.4 is 16.0 Å². The first-order valence-corrected chi connectivity index (χ1v) is 7.35. The van der Waals surface area contributed by atoms with E-state index in [1.165, 1.54) is 0 Å². The number of nitrogens with zero attached hydrogens (tertiary/aromatic N) is 1. The fourth-order valence-electron chi connectivity index (χ4n) is 2.92. The number of nitrogens with two attached hydrogens (primary N) is 1. The maximum Gasteiger partial charge on any atom is 0.220 e. The van der Waals surface area contributed by atoms with E-state index < -0.39 is 0 Å². The molecule has 126 valence electrons. The molecule has 22 heavy (non-hydrogen) atoms. The van der Waals surface area contributed by atoms with Crippen LogP contribution in [-0.2, 0) is 11.3 Å². The summed E-state index contributed by atoms with van der Waals surface area (Å²) in [6.07, 6.45) is 3.86. The van der Waals surface area contributed by atoms with E-state index >= 15 is 0 Å². The zero-order chi connectivity index (χ0) is 14.5. The Morgan fingerprint density at radius 3 is 2.55 bits per heavy atom. The zero-order valence-corrected chi connectivity index (χ0v) is 14.9. The van der Waals surface area contributed by atoms with Crippen LogP contribution in [0.5, 0.6) is 0 Å². The van der Waals surface area contributed by atoms with Crippen molar-refractivity contribution in [2.75, 3.05) is 19.0 Å². The molecule has 0 spiro atoms. The van der Waals surface area contributed by atoms with Gasteiger partial charge in [-0.15, -0.1) is 24.8 Å². The molecular weight excluding hydrogens is 321 g/mol. The SMILES string of the molecule is CN(C)c1ccccc1CNC(=O)C[C@@H]1CCC[C@H]1N.Cl.Cl. The number of hydrogen-bond acceptors (Lipinski definition) is 3.